The Kier molecular flexibility index (Phi) is 5.20. The predicted molar refractivity (Wildman–Crippen MR) is 40.7 cm³/mol. The lowest BCUT2D eigenvalue weighted by Gasteiger charge is -2.07. The molecule has 0 amide bonds. The molecule has 3 heteroatoms. The molecule has 10 heavy (non-hydrogen) atoms. The van der Waals surface area contributed by atoms with Crippen LogP contribution in [0.1, 0.15) is 6.92 Å². The van der Waals surface area contributed by atoms with Crippen LogP contribution >= 0.6 is 0 Å². The van der Waals surface area contributed by atoms with Crippen molar-refractivity contribution in [3.05, 3.63) is 12.2 Å². The van der Waals surface area contributed by atoms with E-state index in [1.54, 1.807) is 0 Å². The molecule has 1 atom stereocenters. The number of aliphatic hydroxyl groups is 1. The van der Waals surface area contributed by atoms with Gasteiger partial charge in [0.05, 0.1) is 25.9 Å². The van der Waals surface area contributed by atoms with Crippen molar-refractivity contribution in [2.45, 2.75) is 13.0 Å². The summed E-state index contributed by atoms with van der Waals surface area (Å²) in [6.45, 7) is 6.41. The van der Waals surface area contributed by atoms with Gasteiger partial charge in [0, 0.05) is 0 Å². The van der Waals surface area contributed by atoms with Gasteiger partial charge in [0.2, 0.25) is 0 Å². The average Bonchev–Trinajstić information content (AvgIpc) is 1.87. The molecule has 0 radical (unpaired) electrons. The summed E-state index contributed by atoms with van der Waals surface area (Å²) < 4.78 is 5.06. The van der Waals surface area contributed by atoms with E-state index in [2.05, 4.69) is 6.58 Å². The second kappa shape index (κ2) is 5.41. The summed E-state index contributed by atoms with van der Waals surface area (Å²) in [6, 6.07) is -0.264. The van der Waals surface area contributed by atoms with Crippen molar-refractivity contribution in [3.8, 4) is 0 Å². The number of nitrogens with two attached hydrogens (primary N) is 1. The van der Waals surface area contributed by atoms with Gasteiger partial charge in [-0.2, -0.15) is 0 Å². The van der Waals surface area contributed by atoms with Gasteiger partial charge in [0.1, 0.15) is 0 Å². The maximum Gasteiger partial charge on any atom is 0.0672 e. The highest BCUT2D eigenvalue weighted by Crippen LogP contribution is 1.88. The lowest BCUT2D eigenvalue weighted by Crippen LogP contribution is -2.30. The van der Waals surface area contributed by atoms with E-state index in [1.807, 2.05) is 6.92 Å². The molecule has 0 bridgehead atoms. The molecule has 3 nitrogen and oxygen atoms in total. The summed E-state index contributed by atoms with van der Waals surface area (Å²) in [4.78, 5) is 0. The zero-order valence-electron chi connectivity index (χ0n) is 6.34. The first-order valence-electron chi connectivity index (χ1n) is 3.25. The van der Waals surface area contributed by atoms with Gasteiger partial charge in [-0.3, -0.25) is 0 Å². The second-order valence-corrected chi connectivity index (χ2v) is 2.41. The number of ether oxygens (including phenoxy) is 1. The molecule has 0 aromatic carbocycles. The van der Waals surface area contributed by atoms with Gasteiger partial charge >= 0.3 is 0 Å². The maximum atomic E-state index is 8.47. The van der Waals surface area contributed by atoms with Crippen LogP contribution in [-0.4, -0.2) is 31.0 Å². The van der Waals surface area contributed by atoms with Crippen LogP contribution in [0.15, 0.2) is 12.2 Å². The van der Waals surface area contributed by atoms with Crippen molar-refractivity contribution in [2.24, 2.45) is 5.73 Å². The Hall–Kier alpha value is -0.380. The molecule has 0 heterocycles. The van der Waals surface area contributed by atoms with Crippen LogP contribution in [0.2, 0.25) is 0 Å². The third kappa shape index (κ3) is 5.75. The van der Waals surface area contributed by atoms with Gasteiger partial charge in [-0.25, -0.2) is 0 Å². The van der Waals surface area contributed by atoms with Crippen LogP contribution in [-0.2, 0) is 4.74 Å². The highest BCUT2D eigenvalue weighted by Gasteiger charge is 1.98. The summed E-state index contributed by atoms with van der Waals surface area (Å²) in [7, 11) is 0. The summed E-state index contributed by atoms with van der Waals surface area (Å²) in [5.74, 6) is 0. The Balaban J connectivity index is 3.11. The molecule has 0 saturated carbocycles. The second-order valence-electron chi connectivity index (χ2n) is 2.41. The molecule has 0 aliphatic rings. The Morgan fingerprint density at radius 3 is 2.80 bits per heavy atom. The van der Waals surface area contributed by atoms with E-state index in [9.17, 15) is 0 Å². The summed E-state index contributed by atoms with van der Waals surface area (Å²) in [5.41, 5.74) is 6.32. The Morgan fingerprint density at radius 2 is 2.40 bits per heavy atom. The molecule has 0 aliphatic carbocycles. The van der Waals surface area contributed by atoms with Crippen LogP contribution in [0.25, 0.3) is 0 Å². The third-order valence-corrected chi connectivity index (χ3v) is 0.915. The fourth-order valence-corrected chi connectivity index (χ4v) is 0.437. The van der Waals surface area contributed by atoms with Crippen molar-refractivity contribution >= 4 is 0 Å². The standard InChI is InChI=1S/C7H15NO2/c1-6(2)4-10-5-7(8)3-9/h7,9H,1,3-5,8H2,2H3/t7-/m0/s1. The SMILES string of the molecule is C=C(C)COC[C@@H](N)CO. The predicted octanol–water partition coefficient (Wildman–Crippen LogP) is -0.101. The van der Waals surface area contributed by atoms with Crippen molar-refractivity contribution in [3.63, 3.8) is 0 Å². The van der Waals surface area contributed by atoms with Gasteiger partial charge in [0.25, 0.3) is 0 Å². The molecule has 60 valence electrons. The number of rotatable bonds is 5. The molecule has 0 saturated heterocycles. The van der Waals surface area contributed by atoms with Crippen LogP contribution < -0.4 is 5.73 Å². The van der Waals surface area contributed by atoms with E-state index in [0.717, 1.165) is 5.57 Å². The smallest absolute Gasteiger partial charge is 0.0672 e. The maximum absolute atomic E-state index is 8.47. The van der Waals surface area contributed by atoms with Crippen LogP contribution in [0.4, 0.5) is 0 Å². The Morgan fingerprint density at radius 1 is 1.80 bits per heavy atom. The quantitative estimate of drug-likeness (QED) is 0.531. The molecule has 0 aromatic rings. The monoisotopic (exact) mass is 145 g/mol. The van der Waals surface area contributed by atoms with Crippen molar-refractivity contribution in [1.82, 2.24) is 0 Å². The van der Waals surface area contributed by atoms with E-state index in [4.69, 9.17) is 15.6 Å². The van der Waals surface area contributed by atoms with Gasteiger partial charge in [-0.15, -0.1) is 0 Å². The highest BCUT2D eigenvalue weighted by molar-refractivity contribution is 4.87. The minimum Gasteiger partial charge on any atom is -0.395 e. The first kappa shape index (κ1) is 9.62. The van der Waals surface area contributed by atoms with Gasteiger partial charge in [0.15, 0.2) is 0 Å². The molecule has 0 unspecified atom stereocenters. The van der Waals surface area contributed by atoms with Crippen molar-refractivity contribution < 1.29 is 9.84 Å². The lowest BCUT2D eigenvalue weighted by atomic mass is 10.3. The van der Waals surface area contributed by atoms with Gasteiger partial charge < -0.3 is 15.6 Å². The highest BCUT2D eigenvalue weighted by atomic mass is 16.5. The molecule has 0 rings (SSSR count). The number of aliphatic hydroxyl groups excluding tert-OH is 1. The first-order valence-corrected chi connectivity index (χ1v) is 3.25. The average molecular weight is 145 g/mol. The molecular weight excluding hydrogens is 130 g/mol. The van der Waals surface area contributed by atoms with E-state index >= 15 is 0 Å². The molecule has 0 fully saturated rings. The Labute approximate surface area is 61.5 Å². The fraction of sp³-hybridized carbons (Fsp3) is 0.714. The van der Waals surface area contributed by atoms with Gasteiger partial charge in [-0.1, -0.05) is 12.2 Å². The zero-order chi connectivity index (χ0) is 7.98. The van der Waals surface area contributed by atoms with Crippen molar-refractivity contribution in [1.29, 1.82) is 0 Å². The normalized spacial score (nSPS) is 13.1. The van der Waals surface area contributed by atoms with E-state index in [0.29, 0.717) is 13.2 Å². The van der Waals surface area contributed by atoms with E-state index < -0.39 is 0 Å². The minimum absolute atomic E-state index is 0.0316. The molecule has 0 spiro atoms. The minimum atomic E-state index is -0.264. The van der Waals surface area contributed by atoms with E-state index in [-0.39, 0.29) is 12.6 Å². The van der Waals surface area contributed by atoms with Crippen LogP contribution in [0.3, 0.4) is 0 Å². The molecular formula is C7H15NO2. The van der Waals surface area contributed by atoms with E-state index in [1.165, 1.54) is 0 Å². The molecule has 0 aliphatic heterocycles. The number of hydrogen-bond acceptors (Lipinski definition) is 3. The summed E-state index contributed by atoms with van der Waals surface area (Å²) >= 11 is 0. The molecule has 0 aromatic heterocycles. The zero-order valence-corrected chi connectivity index (χ0v) is 6.34. The first-order chi connectivity index (χ1) is 4.66. The molecule has 3 N–H and O–H groups in total. The summed E-state index contributed by atoms with van der Waals surface area (Å²) in [6.07, 6.45) is 0. The number of hydrogen-bond donors (Lipinski definition) is 2. The largest absolute Gasteiger partial charge is 0.395 e. The van der Waals surface area contributed by atoms with Crippen LogP contribution in [0, 0.1) is 0 Å². The summed E-state index contributed by atoms with van der Waals surface area (Å²) in [5, 5.41) is 8.47. The Bertz CT molecular complexity index is 104. The third-order valence-electron chi connectivity index (χ3n) is 0.915. The van der Waals surface area contributed by atoms with Crippen LogP contribution in [0.5, 0.6) is 0 Å². The van der Waals surface area contributed by atoms with Gasteiger partial charge in [-0.05, 0) is 6.92 Å². The van der Waals surface area contributed by atoms with Crippen molar-refractivity contribution in [2.75, 3.05) is 19.8 Å². The fourth-order valence-electron chi connectivity index (χ4n) is 0.437. The lowest BCUT2D eigenvalue weighted by molar-refractivity contribution is 0.117. The topological polar surface area (TPSA) is 55.5 Å².